The fraction of sp³-hybridized carbons (Fsp3) is 0.500. The molecule has 6 nitrogen and oxygen atoms in total. The predicted octanol–water partition coefficient (Wildman–Crippen LogP) is 3.06. The second-order valence-electron chi connectivity index (χ2n) is 6.71. The zero-order valence-electron chi connectivity index (χ0n) is 14.2. The van der Waals surface area contributed by atoms with Crippen LogP contribution in [0.1, 0.15) is 42.5 Å². The van der Waals surface area contributed by atoms with Gasteiger partial charge >= 0.3 is 5.97 Å². The SMILES string of the molecule is O=C(O)CC1CCCN1C(=O)C1CCCN1C(=O)c1cc(Cl)ccc1Cl. The fourth-order valence-electron chi connectivity index (χ4n) is 3.81. The molecule has 2 atom stereocenters. The smallest absolute Gasteiger partial charge is 0.305 e. The van der Waals surface area contributed by atoms with Crippen LogP contribution < -0.4 is 0 Å². The molecule has 2 aliphatic heterocycles. The van der Waals surface area contributed by atoms with Crippen LogP contribution in [0.3, 0.4) is 0 Å². The highest BCUT2D eigenvalue weighted by molar-refractivity contribution is 6.35. The molecule has 8 heteroatoms. The van der Waals surface area contributed by atoms with Gasteiger partial charge in [0.25, 0.3) is 5.91 Å². The van der Waals surface area contributed by atoms with Crippen molar-refractivity contribution >= 4 is 41.0 Å². The first-order valence-corrected chi connectivity index (χ1v) is 9.42. The molecule has 2 heterocycles. The highest BCUT2D eigenvalue weighted by Gasteiger charge is 2.41. The number of rotatable bonds is 4. The number of carboxylic acid groups (broad SMARTS) is 1. The summed E-state index contributed by atoms with van der Waals surface area (Å²) in [4.78, 5) is 40.2. The number of likely N-dealkylation sites (tertiary alicyclic amines) is 2. The summed E-state index contributed by atoms with van der Waals surface area (Å²) in [6.45, 7) is 1.00. The lowest BCUT2D eigenvalue weighted by Crippen LogP contribution is -2.49. The maximum atomic E-state index is 13.0. The highest BCUT2D eigenvalue weighted by Crippen LogP contribution is 2.29. The van der Waals surface area contributed by atoms with Crippen LogP contribution in [-0.2, 0) is 9.59 Å². The molecule has 1 aromatic rings. The van der Waals surface area contributed by atoms with Gasteiger partial charge in [0.2, 0.25) is 5.91 Å². The molecule has 0 aliphatic carbocycles. The Balaban J connectivity index is 1.79. The quantitative estimate of drug-likeness (QED) is 0.844. The van der Waals surface area contributed by atoms with Crippen molar-refractivity contribution in [2.45, 2.75) is 44.2 Å². The van der Waals surface area contributed by atoms with E-state index in [4.69, 9.17) is 28.3 Å². The minimum Gasteiger partial charge on any atom is -0.481 e. The summed E-state index contributed by atoms with van der Waals surface area (Å²) in [6, 6.07) is 3.80. The largest absolute Gasteiger partial charge is 0.481 e. The van der Waals surface area contributed by atoms with Crippen LogP contribution in [-0.4, -0.2) is 57.9 Å². The second-order valence-corrected chi connectivity index (χ2v) is 7.55. The van der Waals surface area contributed by atoms with Gasteiger partial charge in [-0.2, -0.15) is 0 Å². The van der Waals surface area contributed by atoms with Gasteiger partial charge in [-0.1, -0.05) is 23.2 Å². The van der Waals surface area contributed by atoms with Gasteiger partial charge in [-0.3, -0.25) is 14.4 Å². The topological polar surface area (TPSA) is 77.9 Å². The molecule has 0 radical (unpaired) electrons. The van der Waals surface area contributed by atoms with Gasteiger partial charge in [0.05, 0.1) is 17.0 Å². The first kappa shape index (κ1) is 19.0. The van der Waals surface area contributed by atoms with E-state index in [1.165, 1.54) is 11.0 Å². The van der Waals surface area contributed by atoms with Crippen molar-refractivity contribution in [3.63, 3.8) is 0 Å². The molecule has 140 valence electrons. The van der Waals surface area contributed by atoms with E-state index in [1.54, 1.807) is 17.0 Å². The van der Waals surface area contributed by atoms with E-state index in [9.17, 15) is 14.4 Å². The average Bonchev–Trinajstić information content (AvgIpc) is 3.24. The Bertz CT molecular complexity index is 740. The van der Waals surface area contributed by atoms with Gasteiger partial charge in [0.15, 0.2) is 0 Å². The van der Waals surface area contributed by atoms with Gasteiger partial charge in [0.1, 0.15) is 6.04 Å². The maximum Gasteiger partial charge on any atom is 0.305 e. The van der Waals surface area contributed by atoms with E-state index >= 15 is 0 Å². The van der Waals surface area contributed by atoms with Crippen molar-refractivity contribution in [1.82, 2.24) is 9.80 Å². The fourth-order valence-corrected chi connectivity index (χ4v) is 4.18. The van der Waals surface area contributed by atoms with E-state index in [0.717, 1.165) is 12.8 Å². The zero-order valence-corrected chi connectivity index (χ0v) is 15.7. The van der Waals surface area contributed by atoms with Gasteiger partial charge in [0, 0.05) is 24.2 Å². The summed E-state index contributed by atoms with van der Waals surface area (Å²) in [5.41, 5.74) is 0.280. The summed E-state index contributed by atoms with van der Waals surface area (Å²) in [6.07, 6.45) is 2.69. The Morgan fingerprint density at radius 1 is 1.08 bits per heavy atom. The van der Waals surface area contributed by atoms with Crippen LogP contribution in [0.5, 0.6) is 0 Å². The molecule has 1 N–H and O–H groups in total. The third-order valence-electron chi connectivity index (χ3n) is 5.03. The van der Waals surface area contributed by atoms with E-state index in [1.807, 2.05) is 0 Å². The summed E-state index contributed by atoms with van der Waals surface area (Å²) in [7, 11) is 0. The van der Waals surface area contributed by atoms with Crippen LogP contribution in [0.2, 0.25) is 10.0 Å². The number of amides is 2. The third kappa shape index (κ3) is 3.81. The molecule has 2 unspecified atom stereocenters. The van der Waals surface area contributed by atoms with E-state index in [-0.39, 0.29) is 29.8 Å². The maximum absolute atomic E-state index is 13.0. The molecular formula is C18H20Cl2N2O4. The molecule has 0 aromatic heterocycles. The van der Waals surface area contributed by atoms with Crippen LogP contribution in [0.15, 0.2) is 18.2 Å². The Hall–Kier alpha value is -1.79. The molecule has 0 bridgehead atoms. The number of carbonyl (C=O) groups is 3. The average molecular weight is 399 g/mol. The molecule has 0 saturated carbocycles. The predicted molar refractivity (Wildman–Crippen MR) is 97.5 cm³/mol. The summed E-state index contributed by atoms with van der Waals surface area (Å²) < 4.78 is 0. The van der Waals surface area contributed by atoms with Crippen LogP contribution in [0, 0.1) is 0 Å². The standard InChI is InChI=1S/C18H20Cl2N2O4/c19-11-5-6-14(20)13(9-11)17(25)22-8-2-4-15(22)18(26)21-7-1-3-12(21)10-16(23)24/h5-6,9,12,15H,1-4,7-8,10H2,(H,23,24). The first-order chi connectivity index (χ1) is 12.4. The summed E-state index contributed by atoms with van der Waals surface area (Å²) in [5, 5.41) is 9.75. The Morgan fingerprint density at radius 2 is 1.77 bits per heavy atom. The summed E-state index contributed by atoms with van der Waals surface area (Å²) in [5.74, 6) is -1.40. The van der Waals surface area contributed by atoms with Crippen molar-refractivity contribution in [2.24, 2.45) is 0 Å². The van der Waals surface area contributed by atoms with Crippen LogP contribution in [0.25, 0.3) is 0 Å². The third-order valence-corrected chi connectivity index (χ3v) is 5.59. The number of hydrogen-bond acceptors (Lipinski definition) is 3. The van der Waals surface area contributed by atoms with Crippen molar-refractivity contribution in [2.75, 3.05) is 13.1 Å². The number of carbonyl (C=O) groups excluding carboxylic acids is 2. The molecule has 2 saturated heterocycles. The minimum absolute atomic E-state index is 0.0630. The molecule has 26 heavy (non-hydrogen) atoms. The normalized spacial score (nSPS) is 22.7. The molecule has 3 rings (SSSR count). The number of aliphatic carboxylic acids is 1. The Kier molecular flexibility index (Phi) is 5.73. The van der Waals surface area contributed by atoms with E-state index in [2.05, 4.69) is 0 Å². The highest BCUT2D eigenvalue weighted by atomic mass is 35.5. The first-order valence-electron chi connectivity index (χ1n) is 8.67. The van der Waals surface area contributed by atoms with E-state index in [0.29, 0.717) is 36.0 Å². The number of carboxylic acids is 1. The summed E-state index contributed by atoms with van der Waals surface area (Å²) >= 11 is 12.1. The Morgan fingerprint density at radius 3 is 2.50 bits per heavy atom. The minimum atomic E-state index is -0.917. The molecule has 2 fully saturated rings. The molecule has 2 amide bonds. The zero-order chi connectivity index (χ0) is 18.8. The van der Waals surface area contributed by atoms with Gasteiger partial charge < -0.3 is 14.9 Å². The van der Waals surface area contributed by atoms with Crippen molar-refractivity contribution in [3.8, 4) is 0 Å². The molecular weight excluding hydrogens is 379 g/mol. The number of benzene rings is 1. The Labute approximate surface area is 161 Å². The molecule has 2 aliphatic rings. The molecule has 0 spiro atoms. The van der Waals surface area contributed by atoms with Gasteiger partial charge in [-0.05, 0) is 43.9 Å². The second kappa shape index (κ2) is 7.84. The lowest BCUT2D eigenvalue weighted by molar-refractivity contribution is -0.141. The lowest BCUT2D eigenvalue weighted by atomic mass is 10.1. The van der Waals surface area contributed by atoms with Crippen molar-refractivity contribution in [3.05, 3.63) is 33.8 Å². The van der Waals surface area contributed by atoms with E-state index < -0.39 is 12.0 Å². The van der Waals surface area contributed by atoms with Crippen molar-refractivity contribution < 1.29 is 19.5 Å². The van der Waals surface area contributed by atoms with Gasteiger partial charge in [-0.15, -0.1) is 0 Å². The number of halogens is 2. The molecule has 1 aromatic carbocycles. The lowest BCUT2D eigenvalue weighted by Gasteiger charge is -2.31. The van der Waals surface area contributed by atoms with Crippen molar-refractivity contribution in [1.29, 1.82) is 0 Å². The van der Waals surface area contributed by atoms with Crippen LogP contribution in [0.4, 0.5) is 0 Å². The van der Waals surface area contributed by atoms with Crippen LogP contribution >= 0.6 is 23.2 Å². The number of hydrogen-bond donors (Lipinski definition) is 1. The van der Waals surface area contributed by atoms with Gasteiger partial charge in [-0.25, -0.2) is 0 Å². The monoisotopic (exact) mass is 398 g/mol. The number of nitrogens with zero attached hydrogens (tertiary/aromatic N) is 2.